The molecule has 94 valence electrons. The van der Waals surface area contributed by atoms with Crippen LogP contribution in [0.4, 0.5) is 14.5 Å². The van der Waals surface area contributed by atoms with Crippen molar-refractivity contribution in [1.29, 1.82) is 0 Å². The van der Waals surface area contributed by atoms with E-state index in [1.54, 1.807) is 0 Å². The molecule has 0 aromatic heterocycles. The van der Waals surface area contributed by atoms with Crippen molar-refractivity contribution in [1.82, 2.24) is 4.72 Å². The van der Waals surface area contributed by atoms with Crippen molar-refractivity contribution >= 4 is 27.3 Å². The minimum absolute atomic E-state index is 0.0315. The van der Waals surface area contributed by atoms with Gasteiger partial charge < -0.3 is 5.73 Å². The van der Waals surface area contributed by atoms with Gasteiger partial charge in [0.1, 0.15) is 16.4 Å². The van der Waals surface area contributed by atoms with Crippen LogP contribution in [-0.4, -0.2) is 15.0 Å². The number of anilines is 1. The number of hydrogen-bond acceptors (Lipinski definition) is 3. The Bertz CT molecular complexity index is 560. The van der Waals surface area contributed by atoms with Gasteiger partial charge in [-0.15, -0.1) is 0 Å². The molecule has 0 saturated heterocycles. The molecule has 3 N–H and O–H groups in total. The maximum atomic E-state index is 13.4. The maximum Gasteiger partial charge on any atom is 0.243 e. The number of nitrogens with one attached hydrogen (secondary N) is 1. The number of sulfonamides is 1. The Labute approximate surface area is 102 Å². The van der Waals surface area contributed by atoms with Gasteiger partial charge in [0.15, 0.2) is 5.82 Å². The molecule has 0 bridgehead atoms. The first-order valence-corrected chi connectivity index (χ1v) is 6.18. The van der Waals surface area contributed by atoms with E-state index in [1.165, 1.54) is 0 Å². The molecule has 0 fully saturated rings. The topological polar surface area (TPSA) is 72.2 Å². The number of benzene rings is 1. The van der Waals surface area contributed by atoms with Crippen LogP contribution in [0.1, 0.15) is 0 Å². The second-order valence-electron chi connectivity index (χ2n) is 3.11. The number of nitrogen functional groups attached to an aromatic ring is 1. The summed E-state index contributed by atoms with van der Waals surface area (Å²) in [5.74, 6) is -2.36. The van der Waals surface area contributed by atoms with E-state index >= 15 is 0 Å². The molecular weight excluding hydrogens is 274 g/mol. The number of rotatable bonds is 4. The Kier molecular flexibility index (Phi) is 4.07. The van der Waals surface area contributed by atoms with Gasteiger partial charge >= 0.3 is 0 Å². The second kappa shape index (κ2) is 4.99. The molecule has 0 spiro atoms. The Morgan fingerprint density at radius 1 is 1.47 bits per heavy atom. The third-order valence-corrected chi connectivity index (χ3v) is 3.39. The quantitative estimate of drug-likeness (QED) is 0.824. The van der Waals surface area contributed by atoms with E-state index < -0.39 is 32.2 Å². The highest BCUT2D eigenvalue weighted by Crippen LogP contribution is 2.22. The van der Waals surface area contributed by atoms with Crippen LogP contribution in [0.25, 0.3) is 0 Å². The van der Waals surface area contributed by atoms with Gasteiger partial charge in [-0.05, 0) is 12.1 Å². The van der Waals surface area contributed by atoms with Gasteiger partial charge in [0.2, 0.25) is 10.0 Å². The van der Waals surface area contributed by atoms with Gasteiger partial charge in [-0.2, -0.15) is 0 Å². The van der Waals surface area contributed by atoms with Gasteiger partial charge in [-0.25, -0.2) is 21.9 Å². The van der Waals surface area contributed by atoms with Crippen molar-refractivity contribution in [2.24, 2.45) is 0 Å². The van der Waals surface area contributed by atoms with Crippen LogP contribution in [0.5, 0.6) is 0 Å². The lowest BCUT2D eigenvalue weighted by Gasteiger charge is -2.08. The van der Waals surface area contributed by atoms with Crippen molar-refractivity contribution in [3.63, 3.8) is 0 Å². The van der Waals surface area contributed by atoms with Crippen LogP contribution in [-0.2, 0) is 10.0 Å². The zero-order chi connectivity index (χ0) is 13.2. The Morgan fingerprint density at radius 3 is 2.59 bits per heavy atom. The molecule has 0 unspecified atom stereocenters. The van der Waals surface area contributed by atoms with Crippen LogP contribution in [0.15, 0.2) is 28.6 Å². The van der Waals surface area contributed by atoms with E-state index in [-0.39, 0.29) is 11.6 Å². The van der Waals surface area contributed by atoms with Crippen molar-refractivity contribution < 1.29 is 17.2 Å². The first kappa shape index (κ1) is 13.9. The first-order chi connectivity index (χ1) is 7.75. The average Bonchev–Trinajstić information content (AvgIpc) is 2.23. The minimum Gasteiger partial charge on any atom is -0.394 e. The summed E-state index contributed by atoms with van der Waals surface area (Å²) in [6.45, 7) is 3.00. The molecule has 1 aromatic carbocycles. The van der Waals surface area contributed by atoms with E-state index in [2.05, 4.69) is 6.58 Å². The van der Waals surface area contributed by atoms with Crippen molar-refractivity contribution in [2.75, 3.05) is 12.3 Å². The normalized spacial score (nSPS) is 11.5. The fourth-order valence-corrected chi connectivity index (χ4v) is 2.27. The summed E-state index contributed by atoms with van der Waals surface area (Å²) >= 11 is 5.37. The maximum absolute atomic E-state index is 13.4. The van der Waals surface area contributed by atoms with Crippen LogP contribution in [0.3, 0.4) is 0 Å². The molecule has 0 amide bonds. The molecule has 17 heavy (non-hydrogen) atoms. The molecule has 4 nitrogen and oxygen atoms in total. The lowest BCUT2D eigenvalue weighted by molar-refractivity contribution is 0.550. The average molecular weight is 283 g/mol. The fourth-order valence-electron chi connectivity index (χ4n) is 1.01. The highest BCUT2D eigenvalue weighted by atomic mass is 35.5. The van der Waals surface area contributed by atoms with Crippen molar-refractivity contribution in [3.8, 4) is 0 Å². The molecule has 0 heterocycles. The molecule has 0 saturated carbocycles. The fraction of sp³-hybridized carbons (Fsp3) is 0.111. The summed E-state index contributed by atoms with van der Waals surface area (Å²) in [5, 5.41) is 0.0315. The third-order valence-electron chi connectivity index (χ3n) is 1.83. The molecule has 1 aromatic rings. The molecule has 0 aliphatic carbocycles. The van der Waals surface area contributed by atoms with E-state index in [9.17, 15) is 17.2 Å². The molecule has 0 atom stereocenters. The highest BCUT2D eigenvalue weighted by Gasteiger charge is 2.22. The zero-order valence-corrected chi connectivity index (χ0v) is 10.1. The predicted molar refractivity (Wildman–Crippen MR) is 61.0 cm³/mol. The standard InChI is InChI=1S/C9H9ClF2N2O2S/c1-5(10)4-14-17(15,16)7-3-2-6(11)9(13)8(7)12/h2-3,14H,1,4,13H2. The third kappa shape index (κ3) is 3.15. The first-order valence-electron chi connectivity index (χ1n) is 4.32. The number of halogens is 3. The summed E-state index contributed by atoms with van der Waals surface area (Å²) in [7, 11) is -4.14. The summed E-state index contributed by atoms with van der Waals surface area (Å²) < 4.78 is 51.5. The highest BCUT2D eigenvalue weighted by molar-refractivity contribution is 7.89. The Hall–Kier alpha value is -1.18. The predicted octanol–water partition coefficient (Wildman–Crippen LogP) is 1.58. The summed E-state index contributed by atoms with van der Waals surface area (Å²) in [6.07, 6.45) is 0. The monoisotopic (exact) mass is 282 g/mol. The largest absolute Gasteiger partial charge is 0.394 e. The molecule has 0 aliphatic heterocycles. The van der Waals surface area contributed by atoms with E-state index in [1.807, 2.05) is 4.72 Å². The van der Waals surface area contributed by atoms with Crippen LogP contribution >= 0.6 is 11.6 Å². The second-order valence-corrected chi connectivity index (χ2v) is 5.38. The Balaban J connectivity index is 3.16. The van der Waals surface area contributed by atoms with Crippen molar-refractivity contribution in [2.45, 2.75) is 4.90 Å². The van der Waals surface area contributed by atoms with Gasteiger partial charge in [0.05, 0.1) is 0 Å². The van der Waals surface area contributed by atoms with E-state index in [0.29, 0.717) is 0 Å². The van der Waals surface area contributed by atoms with E-state index in [0.717, 1.165) is 12.1 Å². The van der Waals surface area contributed by atoms with Crippen molar-refractivity contribution in [3.05, 3.63) is 35.4 Å². The lowest BCUT2D eigenvalue weighted by atomic mass is 10.3. The molecule has 8 heteroatoms. The molecule has 1 rings (SSSR count). The minimum atomic E-state index is -4.14. The summed E-state index contributed by atoms with van der Waals surface area (Å²) in [6, 6.07) is 1.54. The summed E-state index contributed by atoms with van der Waals surface area (Å²) in [4.78, 5) is -0.741. The number of hydrogen-bond donors (Lipinski definition) is 2. The van der Waals surface area contributed by atoms with E-state index in [4.69, 9.17) is 17.3 Å². The smallest absolute Gasteiger partial charge is 0.243 e. The van der Waals surface area contributed by atoms with Crippen LogP contribution in [0.2, 0.25) is 0 Å². The summed E-state index contributed by atoms with van der Waals surface area (Å²) in [5.41, 5.74) is 4.20. The zero-order valence-electron chi connectivity index (χ0n) is 8.50. The van der Waals surface area contributed by atoms with Gasteiger partial charge in [-0.3, -0.25) is 0 Å². The molecular formula is C9H9ClF2N2O2S. The number of nitrogens with two attached hydrogens (primary N) is 1. The molecule has 0 radical (unpaired) electrons. The van der Waals surface area contributed by atoms with Crippen LogP contribution in [0, 0.1) is 11.6 Å². The molecule has 0 aliphatic rings. The Morgan fingerprint density at radius 2 is 2.06 bits per heavy atom. The van der Waals surface area contributed by atoms with Crippen LogP contribution < -0.4 is 10.5 Å². The lowest BCUT2D eigenvalue weighted by Crippen LogP contribution is -2.26. The van der Waals surface area contributed by atoms with Gasteiger partial charge in [0, 0.05) is 11.6 Å². The van der Waals surface area contributed by atoms with Gasteiger partial charge in [0.25, 0.3) is 0 Å². The van der Waals surface area contributed by atoms with Gasteiger partial charge in [-0.1, -0.05) is 18.2 Å². The SMILES string of the molecule is C=C(Cl)CNS(=O)(=O)c1ccc(F)c(N)c1F.